The van der Waals surface area contributed by atoms with Gasteiger partial charge in [-0.3, -0.25) is 4.68 Å². The molecule has 1 N–H and O–H groups in total. The van der Waals surface area contributed by atoms with E-state index in [9.17, 15) is 0 Å². The van der Waals surface area contributed by atoms with E-state index in [4.69, 9.17) is 4.42 Å². The summed E-state index contributed by atoms with van der Waals surface area (Å²) in [5.41, 5.74) is 3.93. The van der Waals surface area contributed by atoms with E-state index in [0.717, 1.165) is 34.5 Å². The lowest BCUT2D eigenvalue weighted by Crippen LogP contribution is -2.08. The molecule has 0 unspecified atom stereocenters. The van der Waals surface area contributed by atoms with Crippen LogP contribution in [-0.4, -0.2) is 31.3 Å². The van der Waals surface area contributed by atoms with Gasteiger partial charge in [-0.1, -0.05) is 17.7 Å². The largest absolute Gasteiger partial charge is 0.444 e. The summed E-state index contributed by atoms with van der Waals surface area (Å²) in [5, 5.41) is 8.53. The summed E-state index contributed by atoms with van der Waals surface area (Å²) in [4.78, 5) is 13.5. The zero-order valence-electron chi connectivity index (χ0n) is 15.0. The number of aryl methyl sites for hydroxylation is 3. The van der Waals surface area contributed by atoms with Crippen LogP contribution in [0.25, 0.3) is 22.5 Å². The second kappa shape index (κ2) is 6.59. The molecule has 0 saturated carbocycles. The molecule has 0 atom stereocenters. The molecule has 4 rings (SSSR count). The van der Waals surface area contributed by atoms with Crippen LogP contribution < -0.4 is 5.32 Å². The van der Waals surface area contributed by atoms with Gasteiger partial charge in [0.1, 0.15) is 17.9 Å². The molecule has 26 heavy (non-hydrogen) atoms. The van der Waals surface area contributed by atoms with Gasteiger partial charge in [0.25, 0.3) is 0 Å². The van der Waals surface area contributed by atoms with Gasteiger partial charge in [0.15, 0.2) is 5.65 Å². The molecule has 0 spiro atoms. The Kier molecular flexibility index (Phi) is 4.12. The maximum Gasteiger partial charge on any atom is 0.226 e. The Bertz CT molecular complexity index is 1050. The van der Waals surface area contributed by atoms with Crippen molar-refractivity contribution in [2.75, 3.05) is 11.9 Å². The summed E-state index contributed by atoms with van der Waals surface area (Å²) >= 11 is 0. The lowest BCUT2D eigenvalue weighted by molar-refractivity contribution is 0.572. The fourth-order valence-electron chi connectivity index (χ4n) is 2.83. The summed E-state index contributed by atoms with van der Waals surface area (Å²) in [6.07, 6.45) is 4.23. The normalized spacial score (nSPS) is 11.2. The number of fused-ring (bicyclic) bond motifs is 1. The van der Waals surface area contributed by atoms with Crippen molar-refractivity contribution >= 4 is 16.9 Å². The predicted octanol–water partition coefficient (Wildman–Crippen LogP) is 3.29. The first-order valence-corrected chi connectivity index (χ1v) is 8.52. The topological polar surface area (TPSA) is 81.7 Å². The van der Waals surface area contributed by atoms with Crippen molar-refractivity contribution in [3.63, 3.8) is 0 Å². The molecule has 3 aromatic heterocycles. The molecule has 7 nitrogen and oxygen atoms in total. The van der Waals surface area contributed by atoms with E-state index in [1.807, 2.05) is 26.1 Å². The molecule has 3 heterocycles. The molecule has 0 aliphatic heterocycles. The molecule has 0 saturated heterocycles. The first-order chi connectivity index (χ1) is 12.6. The first-order valence-electron chi connectivity index (χ1n) is 8.52. The molecule has 7 heteroatoms. The second-order valence-electron chi connectivity index (χ2n) is 6.31. The van der Waals surface area contributed by atoms with Crippen molar-refractivity contribution in [1.29, 1.82) is 0 Å². The Labute approximate surface area is 151 Å². The summed E-state index contributed by atoms with van der Waals surface area (Å²) < 4.78 is 7.36. The fraction of sp³-hybridized carbons (Fsp3) is 0.263. The van der Waals surface area contributed by atoms with Gasteiger partial charge in [-0.2, -0.15) is 5.10 Å². The number of benzene rings is 1. The van der Waals surface area contributed by atoms with Crippen molar-refractivity contribution in [2.45, 2.75) is 20.3 Å². The van der Waals surface area contributed by atoms with Gasteiger partial charge in [-0.15, -0.1) is 0 Å². The fourth-order valence-corrected chi connectivity index (χ4v) is 2.83. The van der Waals surface area contributed by atoms with Crippen LogP contribution in [0, 0.1) is 13.8 Å². The van der Waals surface area contributed by atoms with Crippen LogP contribution in [0.15, 0.2) is 41.1 Å². The molecular weight excluding hydrogens is 328 g/mol. The van der Waals surface area contributed by atoms with Crippen molar-refractivity contribution in [3.8, 4) is 11.5 Å². The van der Waals surface area contributed by atoms with E-state index in [2.05, 4.69) is 44.4 Å². The quantitative estimate of drug-likeness (QED) is 0.596. The smallest absolute Gasteiger partial charge is 0.226 e. The van der Waals surface area contributed by atoms with Crippen molar-refractivity contribution in [3.05, 3.63) is 53.8 Å². The minimum absolute atomic E-state index is 0.646. The standard InChI is InChI=1S/C19H20N6O/c1-12-4-6-14(7-5-12)19-24-15(11-26-19)8-9-20-17-16-10-21-25(3)18(16)23-13(2)22-17/h4-7,10-11H,8-9H2,1-3H3,(H,20,22,23). The lowest BCUT2D eigenvalue weighted by atomic mass is 10.1. The zero-order chi connectivity index (χ0) is 18.1. The van der Waals surface area contributed by atoms with Gasteiger partial charge in [-0.05, 0) is 26.0 Å². The maximum absolute atomic E-state index is 5.61. The number of nitrogens with zero attached hydrogens (tertiary/aromatic N) is 5. The maximum atomic E-state index is 5.61. The van der Waals surface area contributed by atoms with E-state index < -0.39 is 0 Å². The van der Waals surface area contributed by atoms with Crippen molar-refractivity contribution in [2.24, 2.45) is 7.05 Å². The third kappa shape index (κ3) is 3.15. The van der Waals surface area contributed by atoms with Crippen LogP contribution in [0.2, 0.25) is 0 Å². The van der Waals surface area contributed by atoms with E-state index in [-0.39, 0.29) is 0 Å². The molecule has 132 valence electrons. The Morgan fingerprint density at radius 3 is 2.69 bits per heavy atom. The van der Waals surface area contributed by atoms with Gasteiger partial charge in [0.2, 0.25) is 5.89 Å². The highest BCUT2D eigenvalue weighted by Gasteiger charge is 2.10. The monoisotopic (exact) mass is 348 g/mol. The average molecular weight is 348 g/mol. The minimum Gasteiger partial charge on any atom is -0.444 e. The highest BCUT2D eigenvalue weighted by atomic mass is 16.3. The summed E-state index contributed by atoms with van der Waals surface area (Å²) in [6, 6.07) is 8.15. The number of hydrogen-bond acceptors (Lipinski definition) is 6. The van der Waals surface area contributed by atoms with Crippen LogP contribution in [0.5, 0.6) is 0 Å². The van der Waals surface area contributed by atoms with Gasteiger partial charge in [0.05, 0.1) is 17.3 Å². The molecule has 0 bridgehead atoms. The number of nitrogens with one attached hydrogen (secondary N) is 1. The van der Waals surface area contributed by atoms with Crippen molar-refractivity contribution in [1.82, 2.24) is 24.7 Å². The predicted molar refractivity (Wildman–Crippen MR) is 99.9 cm³/mol. The van der Waals surface area contributed by atoms with Gasteiger partial charge < -0.3 is 9.73 Å². The Morgan fingerprint density at radius 1 is 1.08 bits per heavy atom. The first kappa shape index (κ1) is 16.3. The molecule has 0 aliphatic carbocycles. The summed E-state index contributed by atoms with van der Waals surface area (Å²) in [6.45, 7) is 4.63. The van der Waals surface area contributed by atoms with Crippen LogP contribution in [0.4, 0.5) is 5.82 Å². The third-order valence-corrected chi connectivity index (χ3v) is 4.23. The molecule has 0 fully saturated rings. The molecule has 0 aliphatic rings. The molecule has 1 aromatic carbocycles. The molecule has 0 radical (unpaired) electrons. The van der Waals surface area contributed by atoms with E-state index in [1.165, 1.54) is 5.56 Å². The average Bonchev–Trinajstić information content (AvgIpc) is 3.23. The molecule has 4 aromatic rings. The number of aromatic nitrogens is 5. The highest BCUT2D eigenvalue weighted by molar-refractivity contribution is 5.86. The lowest BCUT2D eigenvalue weighted by Gasteiger charge is -2.06. The highest BCUT2D eigenvalue weighted by Crippen LogP contribution is 2.21. The van der Waals surface area contributed by atoms with E-state index in [0.29, 0.717) is 18.3 Å². The number of hydrogen-bond donors (Lipinski definition) is 1. The van der Waals surface area contributed by atoms with Gasteiger partial charge in [-0.25, -0.2) is 15.0 Å². The third-order valence-electron chi connectivity index (χ3n) is 4.23. The van der Waals surface area contributed by atoms with Gasteiger partial charge in [0, 0.05) is 25.6 Å². The van der Waals surface area contributed by atoms with Crippen LogP contribution in [-0.2, 0) is 13.5 Å². The SMILES string of the molecule is Cc1ccc(-c2nc(CCNc3nc(C)nc4c3cnn4C)co2)cc1. The zero-order valence-corrected chi connectivity index (χ0v) is 15.0. The summed E-state index contributed by atoms with van der Waals surface area (Å²) in [7, 11) is 1.88. The van der Waals surface area contributed by atoms with Crippen LogP contribution in [0.3, 0.4) is 0 Å². The van der Waals surface area contributed by atoms with E-state index in [1.54, 1.807) is 17.1 Å². The van der Waals surface area contributed by atoms with Crippen LogP contribution >= 0.6 is 0 Å². The Balaban J connectivity index is 1.45. The van der Waals surface area contributed by atoms with Gasteiger partial charge >= 0.3 is 0 Å². The Morgan fingerprint density at radius 2 is 1.88 bits per heavy atom. The number of oxazole rings is 1. The van der Waals surface area contributed by atoms with Crippen LogP contribution in [0.1, 0.15) is 17.1 Å². The Hall–Kier alpha value is -3.22. The molecule has 0 amide bonds. The number of rotatable bonds is 5. The summed E-state index contributed by atoms with van der Waals surface area (Å²) in [5.74, 6) is 2.15. The molecular formula is C19H20N6O. The van der Waals surface area contributed by atoms with E-state index >= 15 is 0 Å². The number of anilines is 1. The second-order valence-corrected chi connectivity index (χ2v) is 6.31. The van der Waals surface area contributed by atoms with Crippen molar-refractivity contribution < 1.29 is 4.42 Å². The minimum atomic E-state index is 0.646.